The Morgan fingerprint density at radius 3 is 2.74 bits per heavy atom. The molecule has 0 bridgehead atoms. The first kappa shape index (κ1) is 17.2. The number of methoxy groups -OCH3 is 1. The van der Waals surface area contributed by atoms with E-state index in [0.717, 1.165) is 11.4 Å². The molecule has 0 aliphatic carbocycles. The quantitative estimate of drug-likeness (QED) is 0.739. The number of hydrogen-bond acceptors (Lipinski definition) is 7. The number of ether oxygens (including phenoxy) is 1. The number of carbonyl (C=O) groups excluding carboxylic acids is 1. The van der Waals surface area contributed by atoms with E-state index >= 15 is 0 Å². The summed E-state index contributed by atoms with van der Waals surface area (Å²) in [6.07, 6.45) is 2.05. The molecule has 1 N–H and O–H groups in total. The Labute approximate surface area is 155 Å². The number of aromatic nitrogens is 4. The number of carbonyl (C=O) groups is 1. The lowest BCUT2D eigenvalue weighted by Crippen LogP contribution is -2.34. The van der Waals surface area contributed by atoms with E-state index in [9.17, 15) is 9.90 Å². The summed E-state index contributed by atoms with van der Waals surface area (Å²) in [4.78, 5) is 18.4. The monoisotopic (exact) mass is 369 g/mol. The largest absolute Gasteiger partial charge is 0.497 e. The van der Waals surface area contributed by atoms with Crippen LogP contribution in [0.5, 0.6) is 5.75 Å². The van der Waals surface area contributed by atoms with E-state index in [2.05, 4.69) is 15.2 Å². The number of rotatable bonds is 4. The lowest BCUT2D eigenvalue weighted by molar-refractivity contribution is 0.0135. The van der Waals surface area contributed by atoms with Crippen LogP contribution in [0, 0.1) is 6.92 Å². The zero-order valence-corrected chi connectivity index (χ0v) is 15.0. The molecule has 1 aromatic carbocycles. The minimum absolute atomic E-state index is 0.0862. The van der Waals surface area contributed by atoms with Gasteiger partial charge in [0.25, 0.3) is 11.8 Å². The molecular formula is C18H19N5O4. The first-order valence-electron chi connectivity index (χ1n) is 8.51. The molecule has 3 aromatic rings. The zero-order valence-electron chi connectivity index (χ0n) is 15.0. The zero-order chi connectivity index (χ0) is 19.0. The third-order valence-electron chi connectivity index (χ3n) is 4.61. The topological polar surface area (TPSA) is 107 Å². The average Bonchev–Trinajstić information content (AvgIpc) is 3.41. The highest BCUT2D eigenvalue weighted by molar-refractivity contribution is 5.92. The predicted octanol–water partition coefficient (Wildman–Crippen LogP) is 1.31. The fourth-order valence-corrected chi connectivity index (χ4v) is 3.11. The van der Waals surface area contributed by atoms with Gasteiger partial charge in [-0.15, -0.1) is 0 Å². The van der Waals surface area contributed by atoms with Gasteiger partial charge in [-0.3, -0.25) is 4.79 Å². The molecule has 140 valence electrons. The van der Waals surface area contributed by atoms with Gasteiger partial charge >= 0.3 is 0 Å². The van der Waals surface area contributed by atoms with Gasteiger partial charge in [0.1, 0.15) is 5.75 Å². The van der Waals surface area contributed by atoms with Crippen molar-refractivity contribution in [2.45, 2.75) is 18.9 Å². The van der Waals surface area contributed by atoms with Gasteiger partial charge < -0.3 is 19.3 Å². The lowest BCUT2D eigenvalue weighted by atomic mass is 10.0. The third-order valence-corrected chi connectivity index (χ3v) is 4.61. The standard InChI is InChI=1S/C18H19N5O4/c1-12-19-17(27-21-12)18(25)8-10-22(11-18)16(24)15-7-9-23(20-15)13-3-5-14(26-2)6-4-13/h3-7,9,25H,8,10-11H2,1-2H3/t18-/m0/s1. The van der Waals surface area contributed by atoms with Gasteiger partial charge in [0.05, 0.1) is 19.3 Å². The summed E-state index contributed by atoms with van der Waals surface area (Å²) >= 11 is 0. The van der Waals surface area contributed by atoms with Crippen molar-refractivity contribution in [2.24, 2.45) is 0 Å². The lowest BCUT2D eigenvalue weighted by Gasteiger charge is -2.19. The van der Waals surface area contributed by atoms with Crippen LogP contribution in [0.2, 0.25) is 0 Å². The van der Waals surface area contributed by atoms with Crippen molar-refractivity contribution in [2.75, 3.05) is 20.2 Å². The van der Waals surface area contributed by atoms with Crippen LogP contribution in [0.4, 0.5) is 0 Å². The number of aliphatic hydroxyl groups is 1. The van der Waals surface area contributed by atoms with Gasteiger partial charge in [0, 0.05) is 19.2 Å². The van der Waals surface area contributed by atoms with Crippen molar-refractivity contribution < 1.29 is 19.2 Å². The van der Waals surface area contributed by atoms with Crippen molar-refractivity contribution >= 4 is 5.91 Å². The van der Waals surface area contributed by atoms with E-state index in [0.29, 0.717) is 24.5 Å². The summed E-state index contributed by atoms with van der Waals surface area (Å²) in [5.41, 5.74) is -0.207. The number of likely N-dealkylation sites (tertiary alicyclic amines) is 1. The number of aryl methyl sites for hydroxylation is 1. The molecule has 9 heteroatoms. The van der Waals surface area contributed by atoms with E-state index in [1.54, 1.807) is 35.9 Å². The molecule has 1 amide bonds. The molecule has 1 fully saturated rings. The Hall–Kier alpha value is -3.20. The number of β-amino-alcohol motifs (C(OH)–C–C–N with tert-alkyl or cyclic N) is 1. The summed E-state index contributed by atoms with van der Waals surface area (Å²) in [7, 11) is 1.60. The average molecular weight is 369 g/mol. The number of amides is 1. The predicted molar refractivity (Wildman–Crippen MR) is 93.6 cm³/mol. The van der Waals surface area contributed by atoms with Crippen LogP contribution < -0.4 is 4.74 Å². The second-order valence-corrected chi connectivity index (χ2v) is 6.50. The van der Waals surface area contributed by atoms with Crippen LogP contribution in [0.1, 0.15) is 28.6 Å². The van der Waals surface area contributed by atoms with Crippen molar-refractivity contribution in [1.29, 1.82) is 0 Å². The molecule has 3 heterocycles. The molecule has 1 aliphatic rings. The SMILES string of the molecule is COc1ccc(-n2ccc(C(=O)N3CC[C@@](O)(c4nc(C)no4)C3)n2)cc1. The highest BCUT2D eigenvalue weighted by Crippen LogP contribution is 2.31. The normalized spacial score (nSPS) is 19.4. The van der Waals surface area contributed by atoms with E-state index < -0.39 is 5.60 Å². The fraction of sp³-hybridized carbons (Fsp3) is 0.333. The van der Waals surface area contributed by atoms with Crippen LogP contribution in [0.15, 0.2) is 41.1 Å². The number of hydrogen-bond donors (Lipinski definition) is 1. The van der Waals surface area contributed by atoms with Crippen LogP contribution in [0.25, 0.3) is 5.69 Å². The van der Waals surface area contributed by atoms with Crippen LogP contribution in [0.3, 0.4) is 0 Å². The summed E-state index contributed by atoms with van der Waals surface area (Å²) in [6.45, 7) is 2.15. The number of benzene rings is 1. The van der Waals surface area contributed by atoms with Crippen molar-refractivity contribution in [3.8, 4) is 11.4 Å². The van der Waals surface area contributed by atoms with Crippen molar-refractivity contribution in [1.82, 2.24) is 24.8 Å². The van der Waals surface area contributed by atoms with Gasteiger partial charge in [-0.1, -0.05) is 5.16 Å². The van der Waals surface area contributed by atoms with Gasteiger partial charge in [0.15, 0.2) is 17.1 Å². The molecule has 4 rings (SSSR count). The molecule has 0 saturated carbocycles. The summed E-state index contributed by atoms with van der Waals surface area (Å²) in [5.74, 6) is 1.07. The summed E-state index contributed by atoms with van der Waals surface area (Å²) in [6, 6.07) is 9.01. The third kappa shape index (κ3) is 3.17. The van der Waals surface area contributed by atoms with Gasteiger partial charge in [-0.05, 0) is 37.3 Å². The van der Waals surface area contributed by atoms with E-state index in [1.165, 1.54) is 0 Å². The molecule has 1 atom stereocenters. The number of nitrogens with zero attached hydrogens (tertiary/aromatic N) is 5. The first-order chi connectivity index (χ1) is 13.0. The smallest absolute Gasteiger partial charge is 0.274 e. The minimum atomic E-state index is -1.32. The highest BCUT2D eigenvalue weighted by atomic mass is 16.5. The van der Waals surface area contributed by atoms with Gasteiger partial charge in [-0.25, -0.2) is 4.68 Å². The molecule has 1 aliphatic heterocycles. The maximum Gasteiger partial charge on any atom is 0.274 e. The van der Waals surface area contributed by atoms with Crippen LogP contribution in [-0.2, 0) is 5.60 Å². The van der Waals surface area contributed by atoms with Crippen LogP contribution >= 0.6 is 0 Å². The molecular weight excluding hydrogens is 350 g/mol. The van der Waals surface area contributed by atoms with Gasteiger partial charge in [0.2, 0.25) is 0 Å². The molecule has 2 aromatic heterocycles. The van der Waals surface area contributed by atoms with Crippen molar-refractivity contribution in [3.63, 3.8) is 0 Å². The molecule has 0 unspecified atom stereocenters. The van der Waals surface area contributed by atoms with Crippen LogP contribution in [-0.4, -0.2) is 56.0 Å². The Morgan fingerprint density at radius 1 is 1.30 bits per heavy atom. The van der Waals surface area contributed by atoms with E-state index in [4.69, 9.17) is 9.26 Å². The maximum absolute atomic E-state index is 12.8. The Balaban J connectivity index is 1.50. The van der Waals surface area contributed by atoms with E-state index in [1.807, 2.05) is 24.3 Å². The Bertz CT molecular complexity index is 964. The molecule has 0 spiro atoms. The summed E-state index contributed by atoms with van der Waals surface area (Å²) < 4.78 is 11.9. The van der Waals surface area contributed by atoms with E-state index in [-0.39, 0.29) is 18.3 Å². The van der Waals surface area contributed by atoms with Gasteiger partial charge in [-0.2, -0.15) is 10.1 Å². The second kappa shape index (κ2) is 6.51. The first-order valence-corrected chi connectivity index (χ1v) is 8.51. The molecule has 1 saturated heterocycles. The molecule has 9 nitrogen and oxygen atoms in total. The minimum Gasteiger partial charge on any atom is -0.497 e. The highest BCUT2D eigenvalue weighted by Gasteiger charge is 2.44. The molecule has 0 radical (unpaired) electrons. The fourth-order valence-electron chi connectivity index (χ4n) is 3.11. The summed E-state index contributed by atoms with van der Waals surface area (Å²) in [5, 5.41) is 18.8. The maximum atomic E-state index is 12.8. The Kier molecular flexibility index (Phi) is 4.15. The Morgan fingerprint density at radius 2 is 2.07 bits per heavy atom. The van der Waals surface area contributed by atoms with Crippen molar-refractivity contribution in [3.05, 3.63) is 53.9 Å². The molecule has 27 heavy (non-hydrogen) atoms. The second-order valence-electron chi connectivity index (χ2n) is 6.50.